The molecule has 0 aliphatic heterocycles. The zero-order valence-electron chi connectivity index (χ0n) is 16.2. The van der Waals surface area contributed by atoms with E-state index in [1.165, 1.54) is 22.9 Å². The van der Waals surface area contributed by atoms with E-state index in [0.29, 0.717) is 0 Å². The van der Waals surface area contributed by atoms with Gasteiger partial charge in [-0.25, -0.2) is 0 Å². The summed E-state index contributed by atoms with van der Waals surface area (Å²) in [5.41, 5.74) is 1.67. The quantitative estimate of drug-likeness (QED) is 0.456. The van der Waals surface area contributed by atoms with Crippen molar-refractivity contribution < 1.29 is 0 Å². The molecule has 0 saturated heterocycles. The molecule has 0 radical (unpaired) electrons. The van der Waals surface area contributed by atoms with Gasteiger partial charge in [0, 0.05) is 0 Å². The first-order valence-electron chi connectivity index (χ1n) is 9.43. The summed E-state index contributed by atoms with van der Waals surface area (Å²) in [4.78, 5) is 0. The summed E-state index contributed by atoms with van der Waals surface area (Å²) in [5.74, 6) is 0. The highest BCUT2D eigenvalue weighted by molar-refractivity contribution is 7.73. The molecule has 2 aromatic rings. The van der Waals surface area contributed by atoms with Gasteiger partial charge < -0.3 is 5.32 Å². The minimum Gasteiger partial charge on any atom is -0.316 e. The lowest BCUT2D eigenvalue weighted by molar-refractivity contribution is 0.765. The molecule has 3 heteroatoms. The van der Waals surface area contributed by atoms with Crippen LogP contribution in [0.1, 0.15) is 27.7 Å². The molecule has 1 nitrogen and oxygen atoms in total. The highest BCUT2D eigenvalue weighted by atomic mass is 31.1. The van der Waals surface area contributed by atoms with Crippen LogP contribution >= 0.6 is 15.8 Å². The molecule has 0 fully saturated rings. The summed E-state index contributed by atoms with van der Waals surface area (Å²) in [7, 11) is -0.120. The highest BCUT2D eigenvalue weighted by Gasteiger charge is 2.16. The molecule has 1 N–H and O–H groups in total. The largest absolute Gasteiger partial charge is 0.316 e. The van der Waals surface area contributed by atoms with E-state index in [0.717, 1.165) is 24.4 Å². The van der Waals surface area contributed by atoms with E-state index in [1.807, 2.05) is 0 Å². The van der Waals surface area contributed by atoms with Crippen molar-refractivity contribution in [1.29, 1.82) is 0 Å². The van der Waals surface area contributed by atoms with Crippen LogP contribution in [0.25, 0.3) is 0 Å². The van der Waals surface area contributed by atoms with Crippen LogP contribution in [0, 0.1) is 0 Å². The molecule has 0 aliphatic carbocycles. The number of hydrogen-bond donors (Lipinski definition) is 1. The van der Waals surface area contributed by atoms with Crippen LogP contribution in [0.4, 0.5) is 0 Å². The summed E-state index contributed by atoms with van der Waals surface area (Å²) in [6.07, 6.45) is 2.56. The molecule has 136 valence electrons. The van der Waals surface area contributed by atoms with Crippen LogP contribution in [-0.2, 0) is 0 Å². The van der Waals surface area contributed by atoms with E-state index in [9.17, 15) is 0 Å². The Morgan fingerprint density at radius 1 is 0.680 bits per heavy atom. The second kappa shape index (κ2) is 11.1. The fourth-order valence-corrected chi connectivity index (χ4v) is 8.16. The smallest absolute Gasteiger partial charge is 0.000333 e. The second-order valence-electron chi connectivity index (χ2n) is 7.00. The monoisotopic (exact) mass is 373 g/mol. The van der Waals surface area contributed by atoms with Crippen LogP contribution in [0.2, 0.25) is 0 Å². The van der Waals surface area contributed by atoms with Crippen molar-refractivity contribution in [2.75, 3.05) is 25.4 Å². The SMILES string of the molecule is CC(C)P(CCNCCP(c1ccccc1)c1ccccc1)C(C)C. The molecule has 0 saturated carbocycles. The fraction of sp³-hybridized carbons (Fsp3) is 0.455. The molecule has 25 heavy (non-hydrogen) atoms. The van der Waals surface area contributed by atoms with E-state index < -0.39 is 0 Å². The Hall–Kier alpha value is -0.740. The lowest BCUT2D eigenvalue weighted by atomic mass is 10.4. The lowest BCUT2D eigenvalue weighted by Gasteiger charge is -2.26. The Balaban J connectivity index is 1.89. The van der Waals surface area contributed by atoms with E-state index in [2.05, 4.69) is 93.7 Å². The van der Waals surface area contributed by atoms with Crippen LogP contribution in [0.15, 0.2) is 60.7 Å². The standard InChI is InChI=1S/C22H33NP2/c1-19(2)24(20(3)4)17-15-23-16-18-25(21-11-7-5-8-12-21)22-13-9-6-10-14-22/h5-14,19-20,23H,15-18H2,1-4H3. The van der Waals surface area contributed by atoms with Gasteiger partial charge in [0.25, 0.3) is 0 Å². The van der Waals surface area contributed by atoms with Gasteiger partial charge in [0.1, 0.15) is 0 Å². The van der Waals surface area contributed by atoms with Gasteiger partial charge in [-0.3, -0.25) is 0 Å². The molecule has 0 heterocycles. The highest BCUT2D eigenvalue weighted by Crippen LogP contribution is 2.45. The van der Waals surface area contributed by atoms with Crippen molar-refractivity contribution in [3.8, 4) is 0 Å². The van der Waals surface area contributed by atoms with Crippen molar-refractivity contribution in [3.63, 3.8) is 0 Å². The average molecular weight is 373 g/mol. The first-order valence-corrected chi connectivity index (χ1v) is 12.6. The molecule has 0 spiro atoms. The van der Waals surface area contributed by atoms with Gasteiger partial charge in [0.15, 0.2) is 0 Å². The third-order valence-electron chi connectivity index (χ3n) is 4.52. The number of hydrogen-bond acceptors (Lipinski definition) is 1. The topological polar surface area (TPSA) is 12.0 Å². The summed E-state index contributed by atoms with van der Waals surface area (Å²) < 4.78 is 0. The fourth-order valence-electron chi connectivity index (χ4n) is 3.26. The van der Waals surface area contributed by atoms with Crippen molar-refractivity contribution in [2.45, 2.75) is 39.0 Å². The van der Waals surface area contributed by atoms with E-state index in [1.54, 1.807) is 0 Å². The summed E-state index contributed by atoms with van der Waals surface area (Å²) in [6.45, 7) is 11.8. The Morgan fingerprint density at radius 3 is 1.56 bits per heavy atom. The maximum absolute atomic E-state index is 3.73. The molecule has 0 bridgehead atoms. The molecule has 2 aromatic carbocycles. The first kappa shape index (κ1) is 20.6. The van der Waals surface area contributed by atoms with Crippen molar-refractivity contribution >= 4 is 26.5 Å². The van der Waals surface area contributed by atoms with Gasteiger partial charge in [-0.15, -0.1) is 7.92 Å². The third-order valence-corrected chi connectivity index (χ3v) is 10.4. The molecular formula is C22H33NP2. The van der Waals surface area contributed by atoms with Gasteiger partial charge in [-0.1, -0.05) is 88.4 Å². The Morgan fingerprint density at radius 2 is 1.12 bits per heavy atom. The zero-order chi connectivity index (χ0) is 18.1. The maximum Gasteiger partial charge on any atom is -0.000333 e. The van der Waals surface area contributed by atoms with Gasteiger partial charge in [0.05, 0.1) is 0 Å². The third kappa shape index (κ3) is 6.82. The first-order chi connectivity index (χ1) is 12.1. The zero-order valence-corrected chi connectivity index (χ0v) is 17.9. The lowest BCUT2D eigenvalue weighted by Crippen LogP contribution is -2.26. The van der Waals surface area contributed by atoms with Crippen LogP contribution < -0.4 is 15.9 Å². The Kier molecular flexibility index (Phi) is 9.11. The Bertz CT molecular complexity index is 536. The van der Waals surface area contributed by atoms with Gasteiger partial charge in [0.2, 0.25) is 0 Å². The molecule has 0 amide bonds. The Labute approximate surface area is 157 Å². The van der Waals surface area contributed by atoms with Crippen LogP contribution in [0.5, 0.6) is 0 Å². The average Bonchev–Trinajstić information content (AvgIpc) is 2.62. The van der Waals surface area contributed by atoms with Gasteiger partial charge in [-0.2, -0.15) is 0 Å². The minimum absolute atomic E-state index is 0.145. The predicted octanol–water partition coefficient (Wildman–Crippen LogP) is 5.01. The van der Waals surface area contributed by atoms with Crippen molar-refractivity contribution in [2.24, 2.45) is 0 Å². The number of nitrogens with one attached hydrogen (secondary N) is 1. The van der Waals surface area contributed by atoms with E-state index >= 15 is 0 Å². The van der Waals surface area contributed by atoms with Crippen LogP contribution in [-0.4, -0.2) is 36.7 Å². The predicted molar refractivity (Wildman–Crippen MR) is 119 cm³/mol. The molecular weight excluding hydrogens is 340 g/mol. The number of rotatable bonds is 10. The molecule has 0 aromatic heterocycles. The van der Waals surface area contributed by atoms with E-state index in [-0.39, 0.29) is 15.8 Å². The summed E-state index contributed by atoms with van der Waals surface area (Å²) in [5, 5.41) is 6.69. The summed E-state index contributed by atoms with van der Waals surface area (Å²) >= 11 is 0. The molecule has 0 atom stereocenters. The number of benzene rings is 2. The second-order valence-corrected chi connectivity index (χ2v) is 12.9. The van der Waals surface area contributed by atoms with Gasteiger partial charge >= 0.3 is 0 Å². The normalized spacial score (nSPS) is 11.8. The molecule has 0 unspecified atom stereocenters. The van der Waals surface area contributed by atoms with Gasteiger partial charge in [-0.05, 0) is 55.3 Å². The minimum atomic E-state index is -0.265. The van der Waals surface area contributed by atoms with E-state index in [4.69, 9.17) is 0 Å². The van der Waals surface area contributed by atoms with Crippen molar-refractivity contribution in [3.05, 3.63) is 60.7 Å². The van der Waals surface area contributed by atoms with Crippen molar-refractivity contribution in [1.82, 2.24) is 5.32 Å². The summed E-state index contributed by atoms with van der Waals surface area (Å²) in [6, 6.07) is 22.0. The molecule has 2 rings (SSSR count). The molecule has 0 aliphatic rings. The maximum atomic E-state index is 3.73. The van der Waals surface area contributed by atoms with Crippen LogP contribution in [0.3, 0.4) is 0 Å².